The predicted molar refractivity (Wildman–Crippen MR) is 83.8 cm³/mol. The highest BCUT2D eigenvalue weighted by Gasteiger charge is 2.29. The minimum absolute atomic E-state index is 0.408. The van der Waals surface area contributed by atoms with Crippen LogP contribution in [-0.2, 0) is 0 Å². The number of hydrogen-bond acceptors (Lipinski definition) is 3. The number of primary amides is 1. The lowest BCUT2D eigenvalue weighted by molar-refractivity contribution is 0.100. The Balaban J connectivity index is 2.20. The maximum absolute atomic E-state index is 11.4. The average molecular weight is 275 g/mol. The van der Waals surface area contributed by atoms with Gasteiger partial charge in [-0.1, -0.05) is 19.9 Å². The summed E-state index contributed by atoms with van der Waals surface area (Å²) < 4.78 is 0. The molecule has 2 rings (SSSR count). The van der Waals surface area contributed by atoms with Gasteiger partial charge in [0.25, 0.3) is 5.91 Å². The minimum atomic E-state index is -0.470. The summed E-state index contributed by atoms with van der Waals surface area (Å²) in [7, 11) is 2.06. The highest BCUT2D eigenvalue weighted by molar-refractivity contribution is 6.00. The summed E-state index contributed by atoms with van der Waals surface area (Å²) in [6.07, 6.45) is 4.75. The quantitative estimate of drug-likeness (QED) is 0.833. The summed E-state index contributed by atoms with van der Waals surface area (Å²) in [5.41, 5.74) is 13.7. The van der Waals surface area contributed by atoms with E-state index < -0.39 is 5.91 Å². The van der Waals surface area contributed by atoms with Gasteiger partial charge >= 0.3 is 0 Å². The van der Waals surface area contributed by atoms with Gasteiger partial charge in [0.05, 0.1) is 16.9 Å². The number of hydrogen-bond donors (Lipinski definition) is 2. The SMILES string of the molecule is CN(c1cccc(C(N)=O)c1N)C1CCC(C)(C)CC1. The second-order valence-electron chi connectivity index (χ2n) is 6.61. The number of rotatable bonds is 3. The van der Waals surface area contributed by atoms with Crippen molar-refractivity contribution in [3.8, 4) is 0 Å². The molecule has 1 saturated carbocycles. The Bertz CT molecular complexity index is 500. The van der Waals surface area contributed by atoms with E-state index in [0.29, 0.717) is 22.7 Å². The Morgan fingerprint density at radius 1 is 1.30 bits per heavy atom. The van der Waals surface area contributed by atoms with Crippen molar-refractivity contribution < 1.29 is 4.79 Å². The molecule has 0 bridgehead atoms. The van der Waals surface area contributed by atoms with Crippen LogP contribution in [0.5, 0.6) is 0 Å². The van der Waals surface area contributed by atoms with E-state index in [2.05, 4.69) is 25.8 Å². The second-order valence-corrected chi connectivity index (χ2v) is 6.61. The van der Waals surface area contributed by atoms with E-state index in [-0.39, 0.29) is 0 Å². The van der Waals surface area contributed by atoms with E-state index >= 15 is 0 Å². The summed E-state index contributed by atoms with van der Waals surface area (Å²) >= 11 is 0. The van der Waals surface area contributed by atoms with Crippen LogP contribution in [0.2, 0.25) is 0 Å². The van der Waals surface area contributed by atoms with Crippen molar-refractivity contribution in [3.63, 3.8) is 0 Å². The number of carbonyl (C=O) groups is 1. The van der Waals surface area contributed by atoms with Gasteiger partial charge in [0.1, 0.15) is 0 Å². The van der Waals surface area contributed by atoms with Crippen molar-refractivity contribution in [2.45, 2.75) is 45.6 Å². The molecule has 0 aromatic heterocycles. The first-order valence-corrected chi connectivity index (χ1v) is 7.23. The second kappa shape index (κ2) is 5.35. The monoisotopic (exact) mass is 275 g/mol. The Morgan fingerprint density at radius 2 is 1.90 bits per heavy atom. The summed E-state index contributed by atoms with van der Waals surface area (Å²) in [6, 6.07) is 5.96. The molecule has 0 saturated heterocycles. The summed E-state index contributed by atoms with van der Waals surface area (Å²) in [5.74, 6) is -0.470. The predicted octanol–water partition coefficient (Wildman–Crippen LogP) is 2.77. The topological polar surface area (TPSA) is 72.3 Å². The third-order valence-electron chi connectivity index (χ3n) is 4.58. The van der Waals surface area contributed by atoms with Crippen LogP contribution in [0.3, 0.4) is 0 Å². The fourth-order valence-corrected chi connectivity index (χ4v) is 3.04. The molecule has 0 unspecified atom stereocenters. The van der Waals surface area contributed by atoms with Crippen molar-refractivity contribution in [1.82, 2.24) is 0 Å². The van der Waals surface area contributed by atoms with Crippen LogP contribution in [0.1, 0.15) is 49.9 Å². The summed E-state index contributed by atoms with van der Waals surface area (Å²) in [5, 5.41) is 0. The van der Waals surface area contributed by atoms with Crippen molar-refractivity contribution in [2.24, 2.45) is 11.1 Å². The van der Waals surface area contributed by atoms with Crippen LogP contribution < -0.4 is 16.4 Å². The number of nitrogens with two attached hydrogens (primary N) is 2. The van der Waals surface area contributed by atoms with Gasteiger partial charge in [-0.2, -0.15) is 0 Å². The number of nitrogen functional groups attached to an aromatic ring is 1. The zero-order chi connectivity index (χ0) is 14.9. The Labute approximate surface area is 121 Å². The lowest BCUT2D eigenvalue weighted by Gasteiger charge is -2.40. The van der Waals surface area contributed by atoms with E-state index in [4.69, 9.17) is 11.5 Å². The van der Waals surface area contributed by atoms with E-state index in [1.165, 1.54) is 12.8 Å². The first-order chi connectivity index (χ1) is 9.32. The molecular weight excluding hydrogens is 250 g/mol. The molecule has 1 aliphatic carbocycles. The number of carbonyl (C=O) groups excluding carboxylic acids is 1. The van der Waals surface area contributed by atoms with Crippen LogP contribution in [0.25, 0.3) is 0 Å². The summed E-state index contributed by atoms with van der Waals surface area (Å²) in [6.45, 7) is 4.65. The van der Waals surface area contributed by atoms with Gasteiger partial charge in [-0.05, 0) is 43.2 Å². The molecule has 4 N–H and O–H groups in total. The fraction of sp³-hybridized carbons (Fsp3) is 0.562. The molecule has 1 aromatic carbocycles. The van der Waals surface area contributed by atoms with Gasteiger partial charge in [-0.15, -0.1) is 0 Å². The molecule has 1 fully saturated rings. The van der Waals surface area contributed by atoms with Crippen molar-refractivity contribution >= 4 is 17.3 Å². The van der Waals surface area contributed by atoms with Crippen LogP contribution in [0.4, 0.5) is 11.4 Å². The standard InChI is InChI=1S/C16H25N3O/c1-16(2)9-7-11(8-10-16)19(3)13-6-4-5-12(14(13)17)15(18)20/h4-6,11H,7-10,17H2,1-3H3,(H2,18,20). The minimum Gasteiger partial charge on any atom is -0.396 e. The summed E-state index contributed by atoms with van der Waals surface area (Å²) in [4.78, 5) is 13.6. The molecule has 0 spiro atoms. The number of amides is 1. The molecule has 4 heteroatoms. The number of nitrogens with zero attached hydrogens (tertiary/aromatic N) is 1. The molecule has 1 amide bonds. The van der Waals surface area contributed by atoms with E-state index in [9.17, 15) is 4.79 Å². The van der Waals surface area contributed by atoms with Gasteiger partial charge in [-0.3, -0.25) is 4.79 Å². The largest absolute Gasteiger partial charge is 0.396 e. The number of para-hydroxylation sites is 1. The smallest absolute Gasteiger partial charge is 0.250 e. The third-order valence-corrected chi connectivity index (χ3v) is 4.58. The molecule has 0 radical (unpaired) electrons. The van der Waals surface area contributed by atoms with E-state index in [1.807, 2.05) is 12.1 Å². The van der Waals surface area contributed by atoms with Crippen LogP contribution in [-0.4, -0.2) is 19.0 Å². The first kappa shape index (κ1) is 14.7. The molecule has 0 aliphatic heterocycles. The molecule has 1 aliphatic rings. The lowest BCUT2D eigenvalue weighted by Crippen LogP contribution is -2.37. The molecule has 0 atom stereocenters. The Kier molecular flexibility index (Phi) is 3.93. The molecule has 4 nitrogen and oxygen atoms in total. The number of benzene rings is 1. The first-order valence-electron chi connectivity index (χ1n) is 7.23. The highest BCUT2D eigenvalue weighted by atomic mass is 16.1. The molecule has 0 heterocycles. The Morgan fingerprint density at radius 3 is 2.45 bits per heavy atom. The third kappa shape index (κ3) is 2.89. The molecule has 1 aromatic rings. The zero-order valence-electron chi connectivity index (χ0n) is 12.6. The van der Waals surface area contributed by atoms with Gasteiger partial charge in [0.2, 0.25) is 0 Å². The zero-order valence-corrected chi connectivity index (χ0v) is 12.6. The van der Waals surface area contributed by atoms with Crippen molar-refractivity contribution in [2.75, 3.05) is 17.7 Å². The van der Waals surface area contributed by atoms with Crippen molar-refractivity contribution in [3.05, 3.63) is 23.8 Å². The van der Waals surface area contributed by atoms with Gasteiger partial charge in [0.15, 0.2) is 0 Å². The maximum atomic E-state index is 11.4. The molecule has 20 heavy (non-hydrogen) atoms. The average Bonchev–Trinajstić information content (AvgIpc) is 2.38. The van der Waals surface area contributed by atoms with Gasteiger partial charge in [-0.25, -0.2) is 0 Å². The molecular formula is C16H25N3O. The normalized spacial score (nSPS) is 18.8. The number of anilines is 2. The fourth-order valence-electron chi connectivity index (χ4n) is 3.04. The van der Waals surface area contributed by atoms with E-state index in [1.54, 1.807) is 6.07 Å². The maximum Gasteiger partial charge on any atom is 0.250 e. The highest BCUT2D eigenvalue weighted by Crippen LogP contribution is 2.38. The lowest BCUT2D eigenvalue weighted by atomic mass is 9.75. The molecule has 110 valence electrons. The Hall–Kier alpha value is -1.71. The van der Waals surface area contributed by atoms with E-state index in [0.717, 1.165) is 18.5 Å². The van der Waals surface area contributed by atoms with Gasteiger partial charge < -0.3 is 16.4 Å². The van der Waals surface area contributed by atoms with Gasteiger partial charge in [0, 0.05) is 13.1 Å². The van der Waals surface area contributed by atoms with Crippen LogP contribution >= 0.6 is 0 Å². The van der Waals surface area contributed by atoms with Crippen molar-refractivity contribution in [1.29, 1.82) is 0 Å². The van der Waals surface area contributed by atoms with Crippen LogP contribution in [0, 0.1) is 5.41 Å². The van der Waals surface area contributed by atoms with Crippen LogP contribution in [0.15, 0.2) is 18.2 Å².